The van der Waals surface area contributed by atoms with Crippen molar-refractivity contribution in [3.8, 4) is 40.0 Å². The fraction of sp³-hybridized carbons (Fsp3) is 0.240. The molecule has 4 aromatic rings. The first-order valence-corrected chi connectivity index (χ1v) is 12.0. The molecule has 1 fully saturated rings. The highest BCUT2D eigenvalue weighted by atomic mass is 32.1. The van der Waals surface area contributed by atoms with Gasteiger partial charge in [0.1, 0.15) is 17.3 Å². The lowest BCUT2D eigenvalue weighted by Gasteiger charge is -2.15. The molecule has 0 radical (unpaired) electrons. The van der Waals surface area contributed by atoms with Gasteiger partial charge in [0.05, 0.1) is 24.6 Å². The lowest BCUT2D eigenvalue weighted by atomic mass is 9.94. The predicted octanol–water partition coefficient (Wildman–Crippen LogP) is 5.10. The number of nitrogens with zero attached hydrogens (tertiary/aromatic N) is 5. The molecule has 3 heterocycles. The zero-order valence-electron chi connectivity index (χ0n) is 19.6. The van der Waals surface area contributed by atoms with Gasteiger partial charge in [-0.15, -0.1) is 10.2 Å². The number of carbonyl (C=O) groups is 1. The van der Waals surface area contributed by atoms with Gasteiger partial charge in [-0.1, -0.05) is 17.3 Å². The number of carbonyl (C=O) groups excluding carboxylic acids is 1. The standard InChI is InChI=1S/C25H19F3N6O2S/c1-34-8-7-19(33-34)17-9-14(15-11-20(23(27)28)29-12-21(15)36-2)16(10-18(17)26)24(35)30-25-32-31-22(37-25)6-5-13-3-4-13/h7-13,23H,3-4H2,1-2H3,(H,30,32,35). The molecule has 0 atom stereocenters. The highest BCUT2D eigenvalue weighted by Gasteiger charge is 2.24. The fourth-order valence-electron chi connectivity index (χ4n) is 3.57. The number of aryl methyl sites for hydroxylation is 1. The summed E-state index contributed by atoms with van der Waals surface area (Å²) in [7, 11) is 3.02. The molecule has 1 N–H and O–H groups in total. The number of aromatic nitrogens is 5. The van der Waals surface area contributed by atoms with Crippen LogP contribution in [0.3, 0.4) is 0 Å². The number of nitrogens with one attached hydrogen (secondary N) is 1. The van der Waals surface area contributed by atoms with E-state index in [0.717, 1.165) is 42.5 Å². The van der Waals surface area contributed by atoms with Gasteiger partial charge in [0.2, 0.25) is 5.13 Å². The normalized spacial score (nSPS) is 12.8. The van der Waals surface area contributed by atoms with Crippen LogP contribution in [0, 0.1) is 23.6 Å². The van der Waals surface area contributed by atoms with E-state index in [9.17, 15) is 13.6 Å². The van der Waals surface area contributed by atoms with Crippen LogP contribution in [0.1, 0.15) is 40.3 Å². The molecule has 5 rings (SSSR count). The summed E-state index contributed by atoms with van der Waals surface area (Å²) in [4.78, 5) is 17.0. The SMILES string of the molecule is COc1cnc(C(F)F)cc1-c1cc(-c2ccn(C)n2)c(F)cc1C(=O)Nc1nnc(C#CC2CC2)s1. The molecule has 188 valence electrons. The second kappa shape index (κ2) is 10.0. The van der Waals surface area contributed by atoms with Crippen LogP contribution < -0.4 is 10.1 Å². The van der Waals surface area contributed by atoms with Crippen LogP contribution in [0.2, 0.25) is 0 Å². The third-order valence-corrected chi connectivity index (χ3v) is 6.32. The van der Waals surface area contributed by atoms with Crippen LogP contribution in [0.4, 0.5) is 18.3 Å². The molecule has 1 amide bonds. The summed E-state index contributed by atoms with van der Waals surface area (Å²) in [6.07, 6.45) is 2.02. The molecule has 1 aromatic carbocycles. The molecular formula is C25H19F3N6O2S. The number of benzene rings is 1. The van der Waals surface area contributed by atoms with Gasteiger partial charge in [0.15, 0.2) is 5.01 Å². The van der Waals surface area contributed by atoms with Crippen LogP contribution in [0.25, 0.3) is 22.4 Å². The number of ether oxygens (including phenoxy) is 1. The van der Waals surface area contributed by atoms with Crippen molar-refractivity contribution in [1.82, 2.24) is 25.0 Å². The Balaban J connectivity index is 1.59. The van der Waals surface area contributed by atoms with E-state index in [1.807, 2.05) is 0 Å². The average molecular weight is 525 g/mol. The number of anilines is 1. The molecule has 0 unspecified atom stereocenters. The van der Waals surface area contributed by atoms with Gasteiger partial charge >= 0.3 is 0 Å². The Bertz CT molecular complexity index is 1550. The van der Waals surface area contributed by atoms with E-state index < -0.39 is 23.8 Å². The van der Waals surface area contributed by atoms with E-state index in [4.69, 9.17) is 4.74 Å². The summed E-state index contributed by atoms with van der Waals surface area (Å²) in [5, 5.41) is 15.3. The number of rotatable bonds is 6. The third-order valence-electron chi connectivity index (χ3n) is 5.57. The Morgan fingerprint density at radius 1 is 1.22 bits per heavy atom. The molecule has 0 bridgehead atoms. The summed E-state index contributed by atoms with van der Waals surface area (Å²) in [6.45, 7) is 0. The fourth-order valence-corrected chi connectivity index (χ4v) is 4.17. The molecule has 37 heavy (non-hydrogen) atoms. The van der Waals surface area contributed by atoms with Gasteiger partial charge in [-0.2, -0.15) is 5.10 Å². The Morgan fingerprint density at radius 3 is 2.70 bits per heavy atom. The van der Waals surface area contributed by atoms with Gasteiger partial charge in [-0.3, -0.25) is 19.8 Å². The van der Waals surface area contributed by atoms with Crippen LogP contribution in [0.5, 0.6) is 5.75 Å². The zero-order chi connectivity index (χ0) is 26.1. The topological polar surface area (TPSA) is 94.8 Å². The monoisotopic (exact) mass is 524 g/mol. The first-order valence-electron chi connectivity index (χ1n) is 11.1. The number of alkyl halides is 2. The van der Waals surface area contributed by atoms with Gasteiger partial charge in [0, 0.05) is 30.3 Å². The second-order valence-electron chi connectivity index (χ2n) is 8.27. The Labute approximate surface area is 213 Å². The van der Waals surface area contributed by atoms with E-state index in [2.05, 4.69) is 37.4 Å². The summed E-state index contributed by atoms with van der Waals surface area (Å²) < 4.78 is 49.1. The van der Waals surface area contributed by atoms with E-state index >= 15 is 4.39 Å². The van der Waals surface area contributed by atoms with Crippen molar-refractivity contribution in [1.29, 1.82) is 0 Å². The van der Waals surface area contributed by atoms with Crippen molar-refractivity contribution >= 4 is 22.4 Å². The van der Waals surface area contributed by atoms with Gasteiger partial charge in [-0.25, -0.2) is 13.2 Å². The van der Waals surface area contributed by atoms with Gasteiger partial charge in [-0.05, 0) is 48.6 Å². The molecule has 0 spiro atoms. The predicted molar refractivity (Wildman–Crippen MR) is 131 cm³/mol. The number of methoxy groups -OCH3 is 1. The van der Waals surface area contributed by atoms with E-state index in [1.165, 1.54) is 17.9 Å². The number of hydrogen-bond donors (Lipinski definition) is 1. The molecule has 0 saturated heterocycles. The van der Waals surface area contributed by atoms with Crippen molar-refractivity contribution in [2.75, 3.05) is 12.4 Å². The Morgan fingerprint density at radius 2 is 2.03 bits per heavy atom. The Kier molecular flexibility index (Phi) is 6.62. The Hall–Kier alpha value is -4.24. The third kappa shape index (κ3) is 5.31. The summed E-state index contributed by atoms with van der Waals surface area (Å²) >= 11 is 1.08. The highest BCUT2D eigenvalue weighted by Crippen LogP contribution is 2.38. The first-order chi connectivity index (χ1) is 17.8. The number of hydrogen-bond acceptors (Lipinski definition) is 7. The smallest absolute Gasteiger partial charge is 0.280 e. The number of pyridine rings is 1. The molecular weight excluding hydrogens is 505 g/mol. The molecule has 0 aliphatic heterocycles. The van der Waals surface area contributed by atoms with Crippen molar-refractivity contribution in [3.05, 3.63) is 58.7 Å². The van der Waals surface area contributed by atoms with E-state index in [0.29, 0.717) is 16.6 Å². The van der Waals surface area contributed by atoms with Crippen molar-refractivity contribution in [2.24, 2.45) is 13.0 Å². The van der Waals surface area contributed by atoms with Crippen molar-refractivity contribution < 1.29 is 22.7 Å². The highest BCUT2D eigenvalue weighted by molar-refractivity contribution is 7.15. The van der Waals surface area contributed by atoms with Crippen LogP contribution in [-0.2, 0) is 7.05 Å². The zero-order valence-corrected chi connectivity index (χ0v) is 20.4. The minimum atomic E-state index is -2.87. The molecule has 8 nitrogen and oxygen atoms in total. The minimum absolute atomic E-state index is 0.0816. The molecule has 1 aliphatic rings. The maximum absolute atomic E-state index is 15.3. The van der Waals surface area contributed by atoms with Crippen molar-refractivity contribution in [3.63, 3.8) is 0 Å². The first kappa shape index (κ1) is 24.5. The maximum atomic E-state index is 15.3. The summed E-state index contributed by atoms with van der Waals surface area (Å²) in [6, 6.07) is 5.13. The minimum Gasteiger partial charge on any atom is -0.494 e. The summed E-state index contributed by atoms with van der Waals surface area (Å²) in [5.41, 5.74) is 0.0374. The van der Waals surface area contributed by atoms with E-state index in [1.54, 1.807) is 19.3 Å². The molecule has 3 aromatic heterocycles. The number of halogens is 3. The largest absolute Gasteiger partial charge is 0.494 e. The van der Waals surface area contributed by atoms with Crippen LogP contribution in [0.15, 0.2) is 36.7 Å². The van der Waals surface area contributed by atoms with Gasteiger partial charge in [0.25, 0.3) is 12.3 Å². The quantitative estimate of drug-likeness (QED) is 0.353. The lowest BCUT2D eigenvalue weighted by molar-refractivity contribution is 0.102. The second-order valence-corrected chi connectivity index (χ2v) is 9.25. The summed E-state index contributed by atoms with van der Waals surface area (Å²) in [5.74, 6) is 5.07. The average Bonchev–Trinajstić information content (AvgIpc) is 3.45. The number of amides is 1. The lowest BCUT2D eigenvalue weighted by Crippen LogP contribution is -2.14. The maximum Gasteiger partial charge on any atom is 0.280 e. The van der Waals surface area contributed by atoms with Crippen LogP contribution in [-0.4, -0.2) is 38.0 Å². The molecule has 1 saturated carbocycles. The van der Waals surface area contributed by atoms with Gasteiger partial charge < -0.3 is 4.74 Å². The molecule has 1 aliphatic carbocycles. The van der Waals surface area contributed by atoms with E-state index in [-0.39, 0.29) is 33.1 Å². The molecule has 12 heteroatoms. The van der Waals surface area contributed by atoms with Crippen LogP contribution >= 0.6 is 11.3 Å². The van der Waals surface area contributed by atoms with Crippen molar-refractivity contribution in [2.45, 2.75) is 19.3 Å².